The summed E-state index contributed by atoms with van der Waals surface area (Å²) in [5, 5.41) is 12.3. The van der Waals surface area contributed by atoms with Gasteiger partial charge in [0.15, 0.2) is 5.82 Å². The second kappa shape index (κ2) is 8.04. The first kappa shape index (κ1) is 21.1. The van der Waals surface area contributed by atoms with Crippen molar-refractivity contribution in [2.75, 3.05) is 6.26 Å². The Bertz CT molecular complexity index is 1100. The van der Waals surface area contributed by atoms with Gasteiger partial charge in [0.05, 0.1) is 15.3 Å². The van der Waals surface area contributed by atoms with Crippen LogP contribution in [0.25, 0.3) is 0 Å². The van der Waals surface area contributed by atoms with Gasteiger partial charge >= 0.3 is 0 Å². The van der Waals surface area contributed by atoms with Gasteiger partial charge in [0.25, 0.3) is 0 Å². The molecule has 0 saturated carbocycles. The number of hydrogen-bond donors (Lipinski definition) is 0. The van der Waals surface area contributed by atoms with Gasteiger partial charge in [-0.25, -0.2) is 13.3 Å². The lowest BCUT2D eigenvalue weighted by molar-refractivity contribution is 0.331. The third kappa shape index (κ3) is 4.52. The van der Waals surface area contributed by atoms with E-state index in [4.69, 9.17) is 4.36 Å². The second-order valence-electron chi connectivity index (χ2n) is 7.41. The molecule has 1 heterocycles. The maximum Gasteiger partial charge on any atom is 0.181 e. The van der Waals surface area contributed by atoms with Gasteiger partial charge in [-0.15, -0.1) is 5.10 Å². The Hall–Kier alpha value is -1.58. The molecule has 0 saturated heterocycles. The van der Waals surface area contributed by atoms with Crippen LogP contribution in [0.1, 0.15) is 38.2 Å². The first-order valence-electron chi connectivity index (χ1n) is 8.59. The third-order valence-electron chi connectivity index (χ3n) is 4.13. The molecule has 0 bridgehead atoms. The van der Waals surface area contributed by atoms with Crippen molar-refractivity contribution in [2.24, 2.45) is 4.36 Å². The molecule has 0 N–H and O–H groups in total. The number of aromatic nitrogens is 4. The van der Waals surface area contributed by atoms with Crippen molar-refractivity contribution in [2.45, 2.75) is 37.2 Å². The highest BCUT2D eigenvalue weighted by Crippen LogP contribution is 2.34. The molecule has 0 spiro atoms. The summed E-state index contributed by atoms with van der Waals surface area (Å²) in [6, 6.07) is 14.5. The summed E-state index contributed by atoms with van der Waals surface area (Å²) in [6.07, 6.45) is 1.64. The van der Waals surface area contributed by atoms with E-state index in [1.165, 1.54) is 0 Å². The van der Waals surface area contributed by atoms with Crippen LogP contribution in [0.2, 0.25) is 0 Å². The molecule has 0 aliphatic heterocycles. The fourth-order valence-electron chi connectivity index (χ4n) is 2.73. The Kier molecular flexibility index (Phi) is 6.07. The number of rotatable bonds is 4. The molecule has 2 unspecified atom stereocenters. The van der Waals surface area contributed by atoms with Gasteiger partial charge < -0.3 is 0 Å². The van der Waals surface area contributed by atoms with Crippen molar-refractivity contribution in [1.29, 1.82) is 0 Å². The maximum atomic E-state index is 13.6. The fourth-order valence-corrected chi connectivity index (χ4v) is 4.87. The highest BCUT2D eigenvalue weighted by molar-refractivity contribution is 9.10. The van der Waals surface area contributed by atoms with E-state index >= 15 is 0 Å². The largest absolute Gasteiger partial charge is 0.245 e. The molecule has 6 nitrogen and oxygen atoms in total. The third-order valence-corrected chi connectivity index (χ3v) is 7.14. The van der Waals surface area contributed by atoms with Crippen LogP contribution in [0.5, 0.6) is 0 Å². The summed E-state index contributed by atoms with van der Waals surface area (Å²) >= 11 is 7.01. The fraction of sp³-hybridized carbons (Fsp3) is 0.316. The van der Waals surface area contributed by atoms with Crippen LogP contribution in [0.4, 0.5) is 0 Å². The predicted molar refractivity (Wildman–Crippen MR) is 118 cm³/mol. The Morgan fingerprint density at radius 3 is 2.32 bits per heavy atom. The minimum absolute atomic E-state index is 0.347. The number of hydrogen-bond acceptors (Lipinski definition) is 5. The Labute approximate surface area is 182 Å². The van der Waals surface area contributed by atoms with Crippen LogP contribution in [0, 0.1) is 0 Å². The molecule has 28 heavy (non-hydrogen) atoms. The quantitative estimate of drug-likeness (QED) is 0.468. The number of tetrazole rings is 1. The molecule has 2 atom stereocenters. The van der Waals surface area contributed by atoms with E-state index in [9.17, 15) is 4.21 Å². The SMILES string of the molecule is CC(C)(C)n1nnnc1C(N=S(C)(=O)c1ccc(Br)cc1)c1ccccc1Br. The average Bonchev–Trinajstić information content (AvgIpc) is 3.11. The molecule has 0 radical (unpaired) electrons. The van der Waals surface area contributed by atoms with E-state index in [2.05, 4.69) is 47.4 Å². The van der Waals surface area contributed by atoms with Crippen LogP contribution < -0.4 is 0 Å². The van der Waals surface area contributed by atoms with Crippen molar-refractivity contribution < 1.29 is 4.21 Å². The van der Waals surface area contributed by atoms with E-state index in [1.807, 2.05) is 69.3 Å². The molecule has 148 valence electrons. The van der Waals surface area contributed by atoms with Gasteiger partial charge in [-0.2, -0.15) is 0 Å². The van der Waals surface area contributed by atoms with Crippen molar-refractivity contribution in [1.82, 2.24) is 20.2 Å². The lowest BCUT2D eigenvalue weighted by atomic mass is 10.0. The molecule has 9 heteroatoms. The molecular formula is C19H21Br2N5OS. The molecule has 0 amide bonds. The zero-order chi connectivity index (χ0) is 20.5. The summed E-state index contributed by atoms with van der Waals surface area (Å²) in [4.78, 5) is 0.655. The Morgan fingerprint density at radius 2 is 1.71 bits per heavy atom. The summed E-state index contributed by atoms with van der Waals surface area (Å²) in [6.45, 7) is 6.05. The normalized spacial score (nSPS) is 15.1. The van der Waals surface area contributed by atoms with Gasteiger partial charge in [0.1, 0.15) is 6.04 Å². The van der Waals surface area contributed by atoms with Gasteiger partial charge in [-0.3, -0.25) is 0 Å². The zero-order valence-corrected chi connectivity index (χ0v) is 20.0. The number of nitrogens with zero attached hydrogens (tertiary/aromatic N) is 5. The van der Waals surface area contributed by atoms with Crippen molar-refractivity contribution in [3.63, 3.8) is 0 Å². The van der Waals surface area contributed by atoms with E-state index < -0.39 is 15.8 Å². The van der Waals surface area contributed by atoms with Crippen LogP contribution >= 0.6 is 31.9 Å². The highest BCUT2D eigenvalue weighted by Gasteiger charge is 2.29. The Balaban J connectivity index is 2.24. The minimum Gasteiger partial charge on any atom is -0.245 e. The summed E-state index contributed by atoms with van der Waals surface area (Å²) in [5.41, 5.74) is 0.509. The molecule has 0 aliphatic carbocycles. The lowest BCUT2D eigenvalue weighted by Crippen LogP contribution is -2.27. The monoisotopic (exact) mass is 525 g/mol. The van der Waals surface area contributed by atoms with Gasteiger partial charge in [0, 0.05) is 20.1 Å². The number of halogens is 2. The van der Waals surface area contributed by atoms with Crippen LogP contribution in [-0.4, -0.2) is 30.7 Å². The van der Waals surface area contributed by atoms with E-state index in [1.54, 1.807) is 10.9 Å². The van der Waals surface area contributed by atoms with Crippen LogP contribution in [0.15, 0.2) is 66.7 Å². The average molecular weight is 527 g/mol. The van der Waals surface area contributed by atoms with Crippen molar-refractivity contribution in [3.8, 4) is 0 Å². The molecule has 2 aromatic carbocycles. The van der Waals surface area contributed by atoms with Gasteiger partial charge in [-0.05, 0) is 67.1 Å². The Morgan fingerprint density at radius 1 is 1.07 bits per heavy atom. The maximum absolute atomic E-state index is 13.6. The van der Waals surface area contributed by atoms with Crippen molar-refractivity contribution >= 4 is 41.6 Å². The first-order chi connectivity index (χ1) is 13.1. The standard InChI is InChI=1S/C19H21Br2N5OS/c1-19(2,3)26-18(22-24-25-26)17(15-7-5-6-8-16(15)21)23-28(4,27)14-11-9-13(20)10-12-14/h5-12,17H,1-4H3. The van der Waals surface area contributed by atoms with Gasteiger partial charge in [0.2, 0.25) is 0 Å². The molecule has 0 aliphatic rings. The minimum atomic E-state index is -2.71. The topological polar surface area (TPSA) is 73.0 Å². The van der Waals surface area contributed by atoms with Gasteiger partial charge in [-0.1, -0.05) is 50.1 Å². The molecule has 3 rings (SSSR count). The smallest absolute Gasteiger partial charge is 0.181 e. The van der Waals surface area contributed by atoms with Crippen LogP contribution in [-0.2, 0) is 15.3 Å². The summed E-state index contributed by atoms with van der Waals surface area (Å²) in [5.74, 6) is 0.547. The number of benzene rings is 2. The predicted octanol–water partition coefficient (Wildman–Crippen LogP) is 5.20. The van der Waals surface area contributed by atoms with Crippen molar-refractivity contribution in [3.05, 3.63) is 68.9 Å². The summed E-state index contributed by atoms with van der Waals surface area (Å²) < 4.78 is 21.9. The van der Waals surface area contributed by atoms with E-state index in [0.717, 1.165) is 14.5 Å². The molecular weight excluding hydrogens is 506 g/mol. The van der Waals surface area contributed by atoms with Crippen LogP contribution in [0.3, 0.4) is 0 Å². The second-order valence-corrected chi connectivity index (χ2v) is 11.5. The summed E-state index contributed by atoms with van der Waals surface area (Å²) in [7, 11) is -2.71. The molecule has 1 aromatic heterocycles. The van der Waals surface area contributed by atoms with E-state index in [0.29, 0.717) is 10.7 Å². The first-order valence-corrected chi connectivity index (χ1v) is 12.1. The lowest BCUT2D eigenvalue weighted by Gasteiger charge is -2.23. The molecule has 0 fully saturated rings. The molecule has 3 aromatic rings. The van der Waals surface area contributed by atoms with E-state index in [-0.39, 0.29) is 5.54 Å². The zero-order valence-electron chi connectivity index (χ0n) is 16.0. The highest BCUT2D eigenvalue weighted by atomic mass is 79.9.